The Balaban J connectivity index is 1.57. The summed E-state index contributed by atoms with van der Waals surface area (Å²) in [5, 5.41) is 2.87. The zero-order chi connectivity index (χ0) is 20.4. The van der Waals surface area contributed by atoms with Crippen molar-refractivity contribution in [1.29, 1.82) is 0 Å². The van der Waals surface area contributed by atoms with Gasteiger partial charge >= 0.3 is 0 Å². The van der Waals surface area contributed by atoms with Crippen molar-refractivity contribution in [1.82, 2.24) is 10.2 Å². The van der Waals surface area contributed by atoms with Crippen LogP contribution in [0.15, 0.2) is 59.1 Å². The molecule has 1 N–H and O–H groups in total. The Labute approximate surface area is 177 Å². The maximum Gasteiger partial charge on any atom is 0.251 e. The van der Waals surface area contributed by atoms with Gasteiger partial charge in [0, 0.05) is 23.0 Å². The molecule has 2 aromatic carbocycles. The molecule has 4 rings (SSSR count). The molecule has 0 bridgehead atoms. The SMILES string of the molecule is O=C(NC(Cc1ccc(Br)cc1)C(=O)N1CCC2OCC(=O)C21)c1ccccc1. The molecule has 150 valence electrons. The number of rotatable bonds is 5. The summed E-state index contributed by atoms with van der Waals surface area (Å²) < 4.78 is 6.43. The lowest BCUT2D eigenvalue weighted by atomic mass is 10.0. The first-order valence-electron chi connectivity index (χ1n) is 9.58. The normalized spacial score (nSPS) is 21.7. The van der Waals surface area contributed by atoms with Crippen molar-refractivity contribution in [3.8, 4) is 0 Å². The molecule has 2 aliphatic rings. The number of hydrogen-bond acceptors (Lipinski definition) is 4. The maximum absolute atomic E-state index is 13.4. The molecule has 7 heteroatoms. The predicted molar refractivity (Wildman–Crippen MR) is 110 cm³/mol. The highest BCUT2D eigenvalue weighted by atomic mass is 79.9. The van der Waals surface area contributed by atoms with Crippen LogP contribution in [0.2, 0.25) is 0 Å². The third kappa shape index (κ3) is 4.26. The van der Waals surface area contributed by atoms with Gasteiger partial charge in [-0.2, -0.15) is 0 Å². The molecule has 2 aromatic rings. The van der Waals surface area contributed by atoms with Gasteiger partial charge in [-0.05, 0) is 36.2 Å². The first-order chi connectivity index (χ1) is 14.0. The minimum atomic E-state index is -0.768. The minimum absolute atomic E-state index is 0.0485. The first kappa shape index (κ1) is 19.8. The highest BCUT2D eigenvalue weighted by Gasteiger charge is 2.48. The molecule has 2 aliphatic heterocycles. The molecule has 0 aromatic heterocycles. The van der Waals surface area contributed by atoms with E-state index in [0.717, 1.165) is 10.0 Å². The van der Waals surface area contributed by atoms with Crippen LogP contribution in [0, 0.1) is 0 Å². The Hall–Kier alpha value is -2.51. The van der Waals surface area contributed by atoms with E-state index in [0.29, 0.717) is 24.9 Å². The molecule has 29 heavy (non-hydrogen) atoms. The van der Waals surface area contributed by atoms with Crippen molar-refractivity contribution in [2.45, 2.75) is 31.0 Å². The van der Waals surface area contributed by atoms with E-state index in [2.05, 4.69) is 21.2 Å². The molecule has 0 aliphatic carbocycles. The number of ketones is 1. The summed E-state index contributed by atoms with van der Waals surface area (Å²) in [4.78, 5) is 39.9. The van der Waals surface area contributed by atoms with Crippen LogP contribution in [0.4, 0.5) is 0 Å². The van der Waals surface area contributed by atoms with E-state index >= 15 is 0 Å². The van der Waals surface area contributed by atoms with E-state index in [1.807, 2.05) is 30.3 Å². The van der Waals surface area contributed by atoms with Crippen LogP contribution < -0.4 is 5.32 Å². The van der Waals surface area contributed by atoms with Gasteiger partial charge in [-0.15, -0.1) is 0 Å². The average molecular weight is 457 g/mol. The van der Waals surface area contributed by atoms with Gasteiger partial charge in [0.05, 0.1) is 6.10 Å². The Morgan fingerprint density at radius 3 is 2.59 bits per heavy atom. The number of amides is 2. The quantitative estimate of drug-likeness (QED) is 0.748. The van der Waals surface area contributed by atoms with Gasteiger partial charge in [-0.1, -0.05) is 46.3 Å². The Kier molecular flexibility index (Phi) is 5.78. The number of likely N-dealkylation sites (tertiary alicyclic amines) is 1. The van der Waals surface area contributed by atoms with Crippen LogP contribution in [0.25, 0.3) is 0 Å². The van der Waals surface area contributed by atoms with Crippen LogP contribution in [-0.2, 0) is 20.7 Å². The van der Waals surface area contributed by atoms with Crippen LogP contribution in [0.3, 0.4) is 0 Å². The number of carbonyl (C=O) groups excluding carboxylic acids is 3. The maximum atomic E-state index is 13.4. The predicted octanol–water partition coefficient (Wildman–Crippen LogP) is 2.36. The number of fused-ring (bicyclic) bond motifs is 1. The van der Waals surface area contributed by atoms with E-state index in [1.165, 1.54) is 0 Å². The van der Waals surface area contributed by atoms with E-state index in [1.54, 1.807) is 29.2 Å². The fourth-order valence-electron chi connectivity index (χ4n) is 3.93. The molecule has 2 amide bonds. The number of nitrogens with zero attached hydrogens (tertiary/aromatic N) is 1. The van der Waals surface area contributed by atoms with Crippen LogP contribution >= 0.6 is 15.9 Å². The molecule has 3 unspecified atom stereocenters. The van der Waals surface area contributed by atoms with Gasteiger partial charge in [0.25, 0.3) is 5.91 Å². The third-order valence-electron chi connectivity index (χ3n) is 5.39. The van der Waals surface area contributed by atoms with Crippen molar-refractivity contribution in [2.24, 2.45) is 0 Å². The van der Waals surface area contributed by atoms with E-state index in [9.17, 15) is 14.4 Å². The second-order valence-corrected chi connectivity index (χ2v) is 8.22. The zero-order valence-electron chi connectivity index (χ0n) is 15.7. The molecular weight excluding hydrogens is 436 g/mol. The van der Waals surface area contributed by atoms with Gasteiger partial charge in [0.15, 0.2) is 5.78 Å². The molecule has 6 nitrogen and oxygen atoms in total. The van der Waals surface area contributed by atoms with E-state index in [-0.39, 0.29) is 30.3 Å². The molecule has 0 radical (unpaired) electrons. The second-order valence-electron chi connectivity index (χ2n) is 7.30. The zero-order valence-corrected chi connectivity index (χ0v) is 17.3. The standard InChI is InChI=1S/C22H21BrN2O4/c23-16-8-6-14(7-9-16)12-17(24-21(27)15-4-2-1-3-5-15)22(28)25-11-10-19-20(25)18(26)13-29-19/h1-9,17,19-20H,10-13H2,(H,24,27). The van der Waals surface area contributed by atoms with Crippen molar-refractivity contribution in [2.75, 3.05) is 13.2 Å². The molecular formula is C22H21BrN2O4. The highest BCUT2D eigenvalue weighted by Crippen LogP contribution is 2.28. The summed E-state index contributed by atoms with van der Waals surface area (Å²) >= 11 is 3.41. The number of hydrogen-bond donors (Lipinski definition) is 1. The number of benzene rings is 2. The second kappa shape index (κ2) is 8.47. The smallest absolute Gasteiger partial charge is 0.251 e. The topological polar surface area (TPSA) is 75.7 Å². The molecule has 2 saturated heterocycles. The number of halogens is 1. The number of carbonyl (C=O) groups is 3. The summed E-state index contributed by atoms with van der Waals surface area (Å²) in [7, 11) is 0. The van der Waals surface area contributed by atoms with Crippen molar-refractivity contribution >= 4 is 33.5 Å². The van der Waals surface area contributed by atoms with Gasteiger partial charge in [-0.25, -0.2) is 0 Å². The van der Waals surface area contributed by atoms with Crippen LogP contribution in [0.1, 0.15) is 22.3 Å². The number of nitrogens with one attached hydrogen (secondary N) is 1. The molecule has 2 heterocycles. The van der Waals surface area contributed by atoms with Crippen LogP contribution in [0.5, 0.6) is 0 Å². The lowest BCUT2D eigenvalue weighted by Gasteiger charge is -2.27. The van der Waals surface area contributed by atoms with Gasteiger partial charge < -0.3 is 15.0 Å². The third-order valence-corrected chi connectivity index (χ3v) is 5.92. The fourth-order valence-corrected chi connectivity index (χ4v) is 4.19. The van der Waals surface area contributed by atoms with E-state index < -0.39 is 12.1 Å². The molecule has 0 spiro atoms. The summed E-state index contributed by atoms with van der Waals surface area (Å²) in [5.41, 5.74) is 1.41. The summed E-state index contributed by atoms with van der Waals surface area (Å²) in [5.74, 6) is -0.632. The van der Waals surface area contributed by atoms with Crippen molar-refractivity contribution in [3.05, 3.63) is 70.2 Å². The van der Waals surface area contributed by atoms with E-state index in [4.69, 9.17) is 4.74 Å². The molecule has 0 saturated carbocycles. The van der Waals surface area contributed by atoms with Crippen LogP contribution in [-0.4, -0.2) is 53.8 Å². The number of ether oxygens (including phenoxy) is 1. The van der Waals surface area contributed by atoms with Crippen molar-refractivity contribution < 1.29 is 19.1 Å². The Morgan fingerprint density at radius 2 is 1.86 bits per heavy atom. The number of Topliss-reactive ketones (excluding diaryl/α,β-unsaturated/α-hetero) is 1. The summed E-state index contributed by atoms with van der Waals surface area (Å²) in [6.45, 7) is 0.505. The van der Waals surface area contributed by atoms with Crippen molar-refractivity contribution in [3.63, 3.8) is 0 Å². The molecule has 2 fully saturated rings. The minimum Gasteiger partial charge on any atom is -0.368 e. The lowest BCUT2D eigenvalue weighted by Crippen LogP contribution is -2.53. The first-order valence-corrected chi connectivity index (χ1v) is 10.4. The average Bonchev–Trinajstić information content (AvgIpc) is 3.32. The summed E-state index contributed by atoms with van der Waals surface area (Å²) in [6.07, 6.45) is 0.748. The monoisotopic (exact) mass is 456 g/mol. The Bertz CT molecular complexity index is 916. The molecule has 3 atom stereocenters. The Morgan fingerprint density at radius 1 is 1.14 bits per heavy atom. The summed E-state index contributed by atoms with van der Waals surface area (Å²) in [6, 6.07) is 15.1. The van der Waals surface area contributed by atoms with Gasteiger partial charge in [0.1, 0.15) is 18.7 Å². The fraction of sp³-hybridized carbons (Fsp3) is 0.318. The largest absolute Gasteiger partial charge is 0.368 e. The van der Waals surface area contributed by atoms with Gasteiger partial charge in [0.2, 0.25) is 5.91 Å². The highest BCUT2D eigenvalue weighted by molar-refractivity contribution is 9.10. The lowest BCUT2D eigenvalue weighted by molar-refractivity contribution is -0.138. The van der Waals surface area contributed by atoms with Gasteiger partial charge in [-0.3, -0.25) is 14.4 Å².